The van der Waals surface area contributed by atoms with Gasteiger partial charge in [0.2, 0.25) is 6.35 Å². The van der Waals surface area contributed by atoms with Crippen LogP contribution >= 0.6 is 7.82 Å². The highest BCUT2D eigenvalue weighted by Crippen LogP contribution is 2.50. The third kappa shape index (κ3) is 5.62. The highest BCUT2D eigenvalue weighted by molar-refractivity contribution is 7.48. The summed E-state index contributed by atoms with van der Waals surface area (Å²) in [5.74, 6) is 0. The lowest BCUT2D eigenvalue weighted by molar-refractivity contribution is -0.0479. The molecule has 1 atom stereocenters. The molecule has 0 aromatic rings. The van der Waals surface area contributed by atoms with E-state index < -0.39 is 14.2 Å². The van der Waals surface area contributed by atoms with Crippen LogP contribution < -0.4 is 0 Å². The standard InChI is InChI=1S/C14H29N2O4P/c1-5-7-8-9-10-11-16-13-12-15(6-2)14(16)20-21(17,18-3)19-4/h12-14H,5-11H2,1-4H3. The van der Waals surface area contributed by atoms with Crippen molar-refractivity contribution < 1.29 is 18.1 Å². The molecule has 1 aliphatic rings. The number of hydrogen-bond acceptors (Lipinski definition) is 6. The van der Waals surface area contributed by atoms with Crippen molar-refractivity contribution in [3.63, 3.8) is 0 Å². The van der Waals surface area contributed by atoms with Crippen LogP contribution in [0.25, 0.3) is 0 Å². The fourth-order valence-corrected chi connectivity index (χ4v) is 3.05. The van der Waals surface area contributed by atoms with Gasteiger partial charge in [-0.1, -0.05) is 32.6 Å². The van der Waals surface area contributed by atoms with E-state index in [0.29, 0.717) is 0 Å². The highest BCUT2D eigenvalue weighted by atomic mass is 31.2. The molecule has 1 aliphatic heterocycles. The van der Waals surface area contributed by atoms with Crippen molar-refractivity contribution in [3.8, 4) is 0 Å². The highest BCUT2D eigenvalue weighted by Gasteiger charge is 2.35. The van der Waals surface area contributed by atoms with E-state index in [1.54, 1.807) is 0 Å². The third-order valence-electron chi connectivity index (χ3n) is 3.57. The molecule has 1 rings (SSSR count). The number of unbranched alkanes of at least 4 members (excludes halogenated alkanes) is 4. The molecule has 21 heavy (non-hydrogen) atoms. The Labute approximate surface area is 128 Å². The minimum atomic E-state index is -3.49. The second-order valence-corrected chi connectivity index (χ2v) is 6.86. The van der Waals surface area contributed by atoms with E-state index in [9.17, 15) is 4.57 Å². The first-order chi connectivity index (χ1) is 10.1. The van der Waals surface area contributed by atoms with Crippen molar-refractivity contribution in [2.24, 2.45) is 0 Å². The smallest absolute Gasteiger partial charge is 0.334 e. The van der Waals surface area contributed by atoms with Gasteiger partial charge in [-0.25, -0.2) is 9.09 Å². The first kappa shape index (κ1) is 18.5. The Hall–Kier alpha value is -0.550. The van der Waals surface area contributed by atoms with Gasteiger partial charge in [-0.3, -0.25) is 9.05 Å². The van der Waals surface area contributed by atoms with Gasteiger partial charge >= 0.3 is 7.82 Å². The largest absolute Gasteiger partial charge is 0.477 e. The first-order valence-corrected chi connectivity index (χ1v) is 9.16. The first-order valence-electron chi connectivity index (χ1n) is 7.70. The molecule has 0 N–H and O–H groups in total. The molecule has 0 spiro atoms. The quantitative estimate of drug-likeness (QED) is 0.427. The Morgan fingerprint density at radius 2 is 1.62 bits per heavy atom. The monoisotopic (exact) mass is 320 g/mol. The van der Waals surface area contributed by atoms with Crippen LogP contribution in [-0.4, -0.2) is 43.5 Å². The van der Waals surface area contributed by atoms with E-state index in [-0.39, 0.29) is 0 Å². The Morgan fingerprint density at radius 3 is 2.19 bits per heavy atom. The summed E-state index contributed by atoms with van der Waals surface area (Å²) < 4.78 is 27.5. The van der Waals surface area contributed by atoms with Crippen molar-refractivity contribution in [1.29, 1.82) is 0 Å². The molecule has 1 unspecified atom stereocenters. The van der Waals surface area contributed by atoms with Crippen molar-refractivity contribution in [1.82, 2.24) is 9.80 Å². The molecule has 1 heterocycles. The fraction of sp³-hybridized carbons (Fsp3) is 0.857. The zero-order chi connectivity index (χ0) is 15.7. The summed E-state index contributed by atoms with van der Waals surface area (Å²) in [6.45, 7) is 5.87. The maximum absolute atomic E-state index is 12.2. The van der Waals surface area contributed by atoms with Gasteiger partial charge in [0.25, 0.3) is 0 Å². The molecular formula is C14H29N2O4P. The Bertz CT molecular complexity index is 357. The number of hydrogen-bond donors (Lipinski definition) is 0. The van der Waals surface area contributed by atoms with Crippen LogP contribution in [0.1, 0.15) is 46.0 Å². The van der Waals surface area contributed by atoms with E-state index >= 15 is 0 Å². The van der Waals surface area contributed by atoms with Crippen molar-refractivity contribution in [3.05, 3.63) is 12.4 Å². The van der Waals surface area contributed by atoms with Crippen molar-refractivity contribution in [2.75, 3.05) is 27.3 Å². The van der Waals surface area contributed by atoms with E-state index in [4.69, 9.17) is 13.6 Å². The molecule has 124 valence electrons. The molecule has 0 radical (unpaired) electrons. The molecular weight excluding hydrogens is 291 g/mol. The van der Waals surface area contributed by atoms with Crippen molar-refractivity contribution >= 4 is 7.82 Å². The Balaban J connectivity index is 2.53. The van der Waals surface area contributed by atoms with Gasteiger partial charge in [-0.15, -0.1) is 0 Å². The number of phosphoric acid groups is 1. The van der Waals surface area contributed by atoms with Crippen LogP contribution in [0.15, 0.2) is 12.4 Å². The summed E-state index contributed by atoms with van der Waals surface area (Å²) in [4.78, 5) is 4.01. The SMILES string of the molecule is CCCCCCCN1C=CN(CC)C1OP(=O)(OC)OC. The van der Waals surface area contributed by atoms with Crippen LogP contribution in [0.4, 0.5) is 0 Å². The minimum Gasteiger partial charge on any atom is -0.334 e. The van der Waals surface area contributed by atoms with Crippen LogP contribution in [0, 0.1) is 0 Å². The van der Waals surface area contributed by atoms with E-state index in [1.165, 1.54) is 39.9 Å². The average Bonchev–Trinajstić information content (AvgIpc) is 2.88. The minimum absolute atomic E-state index is 0.424. The molecule has 7 heteroatoms. The van der Waals surface area contributed by atoms with Gasteiger partial charge in [0, 0.05) is 39.7 Å². The fourth-order valence-electron chi connectivity index (χ4n) is 2.25. The third-order valence-corrected chi connectivity index (χ3v) is 4.91. The molecule has 0 saturated heterocycles. The summed E-state index contributed by atoms with van der Waals surface area (Å²) in [5.41, 5.74) is 0. The summed E-state index contributed by atoms with van der Waals surface area (Å²) in [7, 11) is -0.828. The second kappa shape index (κ2) is 9.46. The van der Waals surface area contributed by atoms with Gasteiger partial charge in [0.05, 0.1) is 0 Å². The Kier molecular flexibility index (Phi) is 8.34. The molecule has 0 amide bonds. The number of nitrogens with zero attached hydrogens (tertiary/aromatic N) is 2. The van der Waals surface area contributed by atoms with Crippen molar-refractivity contribution in [2.45, 2.75) is 52.3 Å². The summed E-state index contributed by atoms with van der Waals surface area (Å²) in [5, 5.41) is 0. The van der Waals surface area contributed by atoms with E-state index in [0.717, 1.165) is 19.5 Å². The molecule has 0 aromatic carbocycles. The molecule has 0 bridgehead atoms. The van der Waals surface area contributed by atoms with E-state index in [2.05, 4.69) is 6.92 Å². The normalized spacial score (nSPS) is 18.8. The predicted molar refractivity (Wildman–Crippen MR) is 83.5 cm³/mol. The average molecular weight is 320 g/mol. The number of phosphoric ester groups is 1. The zero-order valence-corrected chi connectivity index (χ0v) is 14.6. The summed E-state index contributed by atoms with van der Waals surface area (Å²) in [6.07, 6.45) is 9.56. The zero-order valence-electron chi connectivity index (χ0n) is 13.7. The van der Waals surface area contributed by atoms with Crippen LogP contribution in [0.3, 0.4) is 0 Å². The molecule has 0 saturated carbocycles. The maximum atomic E-state index is 12.2. The van der Waals surface area contributed by atoms with Gasteiger partial charge in [0.1, 0.15) is 0 Å². The molecule has 0 fully saturated rings. The molecule has 0 aliphatic carbocycles. The summed E-state index contributed by atoms with van der Waals surface area (Å²) in [6, 6.07) is 0. The number of rotatable bonds is 11. The lowest BCUT2D eigenvalue weighted by Crippen LogP contribution is -2.40. The van der Waals surface area contributed by atoms with Gasteiger partial charge in [0.15, 0.2) is 0 Å². The Morgan fingerprint density at radius 1 is 1.00 bits per heavy atom. The van der Waals surface area contributed by atoms with Gasteiger partial charge in [-0.2, -0.15) is 0 Å². The lowest BCUT2D eigenvalue weighted by Gasteiger charge is -2.32. The predicted octanol–water partition coefficient (Wildman–Crippen LogP) is 3.77. The van der Waals surface area contributed by atoms with E-state index in [1.807, 2.05) is 29.1 Å². The van der Waals surface area contributed by atoms with Gasteiger partial charge < -0.3 is 9.80 Å². The van der Waals surface area contributed by atoms with Gasteiger partial charge in [-0.05, 0) is 13.3 Å². The maximum Gasteiger partial charge on any atom is 0.477 e. The topological polar surface area (TPSA) is 51.2 Å². The molecule has 6 nitrogen and oxygen atoms in total. The second-order valence-electron chi connectivity index (χ2n) is 5.02. The summed E-state index contributed by atoms with van der Waals surface area (Å²) >= 11 is 0. The lowest BCUT2D eigenvalue weighted by atomic mass is 10.1. The van der Waals surface area contributed by atoms with Crippen LogP contribution in [0.5, 0.6) is 0 Å². The van der Waals surface area contributed by atoms with Crippen LogP contribution in [0.2, 0.25) is 0 Å². The van der Waals surface area contributed by atoms with Crippen LogP contribution in [-0.2, 0) is 18.1 Å². The molecule has 0 aromatic heterocycles.